The molecule has 16 rings (SSSR count). The Morgan fingerprint density at radius 1 is 0.243 bits per heavy atom. The molecular formula is C72H42OS. The van der Waals surface area contributed by atoms with Crippen LogP contribution in [-0.4, -0.2) is 0 Å². The Morgan fingerprint density at radius 2 is 0.730 bits per heavy atom. The van der Waals surface area contributed by atoms with E-state index in [1.165, 1.54) is 124 Å². The maximum atomic E-state index is 6.91. The van der Waals surface area contributed by atoms with E-state index in [1.54, 1.807) is 0 Å². The standard InChI is InChI=1S/C72H42OS/c1-2-18-43(19-3-1)67-51-25-8-9-26-52(51)69(59-31-17-35-66-71(59)58-29-13-15-34-65(58)74-66)62-40-44(36-38-55(62)67)45-37-39-56-63(41-45)70(60-32-16-30-57-50-24-12-14-33-64(50)73-72(57)60)54-28-11-10-27-53(54)68(56)61-42-46-20-4-5-21-47(46)48-22-6-7-23-49(48)61/h1-42H. The van der Waals surface area contributed by atoms with Crippen LogP contribution in [0, 0.1) is 0 Å². The van der Waals surface area contributed by atoms with Crippen LogP contribution in [-0.2, 0) is 0 Å². The second kappa shape index (κ2) is 16.1. The lowest BCUT2D eigenvalue weighted by atomic mass is 9.82. The van der Waals surface area contributed by atoms with Gasteiger partial charge in [-0.05, 0) is 146 Å². The van der Waals surface area contributed by atoms with Crippen LogP contribution < -0.4 is 0 Å². The van der Waals surface area contributed by atoms with Gasteiger partial charge < -0.3 is 4.42 Å². The molecule has 0 saturated heterocycles. The van der Waals surface area contributed by atoms with Crippen molar-refractivity contribution in [3.63, 3.8) is 0 Å². The van der Waals surface area contributed by atoms with Crippen LogP contribution in [0.4, 0.5) is 0 Å². The predicted octanol–water partition coefficient (Wildman–Crippen LogP) is 21.2. The highest BCUT2D eigenvalue weighted by Crippen LogP contribution is 2.52. The van der Waals surface area contributed by atoms with E-state index in [1.807, 2.05) is 11.3 Å². The third kappa shape index (κ3) is 6.04. The van der Waals surface area contributed by atoms with Gasteiger partial charge in [0.2, 0.25) is 0 Å². The second-order valence-corrected chi connectivity index (χ2v) is 20.8. The molecule has 342 valence electrons. The minimum Gasteiger partial charge on any atom is -0.455 e. The SMILES string of the molecule is c1ccc(-c2c3ccccc3c(-c3cccc4sc5ccccc5c34)c3cc(-c4ccc5c(-c6cc7ccccc7c7ccccc67)c6ccccc6c(-c6cccc7c6oc6ccccc67)c5c4)ccc23)cc1. The smallest absolute Gasteiger partial charge is 0.143 e. The molecule has 0 aliphatic rings. The Labute approximate surface area is 430 Å². The lowest BCUT2D eigenvalue weighted by Crippen LogP contribution is -1.94. The van der Waals surface area contributed by atoms with Crippen molar-refractivity contribution in [2.45, 2.75) is 0 Å². The zero-order valence-electron chi connectivity index (χ0n) is 40.1. The van der Waals surface area contributed by atoms with Crippen molar-refractivity contribution in [2.75, 3.05) is 0 Å². The molecule has 0 radical (unpaired) electrons. The van der Waals surface area contributed by atoms with Crippen molar-refractivity contribution >= 4 is 118 Å². The lowest BCUT2D eigenvalue weighted by Gasteiger charge is -2.21. The van der Waals surface area contributed by atoms with E-state index in [0.717, 1.165) is 38.6 Å². The molecule has 0 saturated carbocycles. The number of rotatable bonds is 5. The van der Waals surface area contributed by atoms with Gasteiger partial charge in [-0.1, -0.05) is 218 Å². The van der Waals surface area contributed by atoms with Gasteiger partial charge in [0, 0.05) is 42.1 Å². The number of hydrogen-bond acceptors (Lipinski definition) is 2. The van der Waals surface area contributed by atoms with Crippen molar-refractivity contribution in [1.82, 2.24) is 0 Å². The monoisotopic (exact) mass is 954 g/mol. The number of fused-ring (bicyclic) bond motifs is 13. The van der Waals surface area contributed by atoms with Crippen LogP contribution in [0.25, 0.3) is 162 Å². The number of thiophene rings is 1. The summed E-state index contributed by atoms with van der Waals surface area (Å²) in [6, 6.07) is 94.5. The predicted molar refractivity (Wildman–Crippen MR) is 319 cm³/mol. The molecule has 0 spiro atoms. The first-order chi connectivity index (χ1) is 36.7. The summed E-state index contributed by atoms with van der Waals surface area (Å²) in [5, 5.41) is 19.6. The molecule has 0 atom stereocenters. The molecule has 0 N–H and O–H groups in total. The van der Waals surface area contributed by atoms with Crippen LogP contribution in [0.5, 0.6) is 0 Å². The van der Waals surface area contributed by atoms with E-state index in [-0.39, 0.29) is 0 Å². The minimum absolute atomic E-state index is 0.893. The fraction of sp³-hybridized carbons (Fsp3) is 0. The molecule has 74 heavy (non-hydrogen) atoms. The normalized spacial score (nSPS) is 12.1. The Hall–Kier alpha value is -9.34. The van der Waals surface area contributed by atoms with Gasteiger partial charge >= 0.3 is 0 Å². The molecule has 16 aromatic rings. The topological polar surface area (TPSA) is 13.1 Å². The van der Waals surface area contributed by atoms with Crippen LogP contribution >= 0.6 is 11.3 Å². The Morgan fingerprint density at radius 3 is 1.46 bits per heavy atom. The Kier molecular flexibility index (Phi) is 8.98. The fourth-order valence-corrected chi connectivity index (χ4v) is 13.8. The summed E-state index contributed by atoms with van der Waals surface area (Å²) in [5.74, 6) is 0. The molecule has 2 heteroatoms. The molecule has 0 aliphatic heterocycles. The highest BCUT2D eigenvalue weighted by Gasteiger charge is 2.24. The summed E-state index contributed by atoms with van der Waals surface area (Å²) < 4.78 is 9.51. The van der Waals surface area contributed by atoms with E-state index in [9.17, 15) is 0 Å². The first-order valence-electron chi connectivity index (χ1n) is 25.5. The largest absolute Gasteiger partial charge is 0.455 e. The van der Waals surface area contributed by atoms with Gasteiger partial charge in [0.15, 0.2) is 0 Å². The fourth-order valence-electron chi connectivity index (χ4n) is 12.7. The van der Waals surface area contributed by atoms with Crippen molar-refractivity contribution in [3.8, 4) is 55.6 Å². The second-order valence-electron chi connectivity index (χ2n) is 19.7. The summed E-state index contributed by atoms with van der Waals surface area (Å²) in [6.07, 6.45) is 0. The number of hydrogen-bond donors (Lipinski definition) is 0. The molecule has 0 fully saturated rings. The highest BCUT2D eigenvalue weighted by atomic mass is 32.1. The van der Waals surface area contributed by atoms with E-state index >= 15 is 0 Å². The van der Waals surface area contributed by atoms with Crippen molar-refractivity contribution in [1.29, 1.82) is 0 Å². The van der Waals surface area contributed by atoms with Crippen LogP contribution in [0.3, 0.4) is 0 Å². The van der Waals surface area contributed by atoms with Crippen molar-refractivity contribution < 1.29 is 4.42 Å². The van der Waals surface area contributed by atoms with Gasteiger partial charge in [-0.15, -0.1) is 11.3 Å². The Balaban J connectivity index is 1.04. The molecular weight excluding hydrogens is 913 g/mol. The van der Waals surface area contributed by atoms with Gasteiger partial charge in [0.05, 0.1) is 0 Å². The van der Waals surface area contributed by atoms with Gasteiger partial charge in [0.1, 0.15) is 11.2 Å². The summed E-state index contributed by atoms with van der Waals surface area (Å²) in [7, 11) is 0. The summed E-state index contributed by atoms with van der Waals surface area (Å²) in [5.41, 5.74) is 13.8. The van der Waals surface area contributed by atoms with Gasteiger partial charge in [-0.3, -0.25) is 0 Å². The average Bonchev–Trinajstić information content (AvgIpc) is 4.09. The maximum Gasteiger partial charge on any atom is 0.143 e. The molecule has 14 aromatic carbocycles. The van der Waals surface area contributed by atoms with E-state index in [2.05, 4.69) is 255 Å². The van der Waals surface area contributed by atoms with Crippen molar-refractivity contribution in [2.24, 2.45) is 0 Å². The molecule has 0 bridgehead atoms. The molecule has 0 aliphatic carbocycles. The third-order valence-electron chi connectivity index (χ3n) is 15.8. The van der Waals surface area contributed by atoms with Gasteiger partial charge in [-0.25, -0.2) is 0 Å². The Bertz CT molecular complexity index is 5010. The zero-order valence-corrected chi connectivity index (χ0v) is 40.9. The van der Waals surface area contributed by atoms with Crippen molar-refractivity contribution in [3.05, 3.63) is 255 Å². The van der Waals surface area contributed by atoms with Gasteiger partial charge in [-0.2, -0.15) is 0 Å². The molecule has 0 amide bonds. The van der Waals surface area contributed by atoms with Crippen LogP contribution in [0.1, 0.15) is 0 Å². The highest BCUT2D eigenvalue weighted by molar-refractivity contribution is 7.26. The summed E-state index contributed by atoms with van der Waals surface area (Å²) in [6.45, 7) is 0. The molecule has 0 unspecified atom stereocenters. The maximum absolute atomic E-state index is 6.91. The zero-order chi connectivity index (χ0) is 48.4. The van der Waals surface area contributed by atoms with E-state index in [4.69, 9.17) is 4.42 Å². The van der Waals surface area contributed by atoms with Crippen LogP contribution in [0.2, 0.25) is 0 Å². The van der Waals surface area contributed by atoms with Gasteiger partial charge in [0.25, 0.3) is 0 Å². The first kappa shape index (κ1) is 41.3. The molecule has 2 aromatic heterocycles. The number of benzene rings is 14. The average molecular weight is 955 g/mol. The lowest BCUT2D eigenvalue weighted by molar-refractivity contribution is 0.670. The summed E-state index contributed by atoms with van der Waals surface area (Å²) >= 11 is 1.88. The number of para-hydroxylation sites is 2. The minimum atomic E-state index is 0.893. The summed E-state index contributed by atoms with van der Waals surface area (Å²) in [4.78, 5) is 0. The quantitative estimate of drug-likeness (QED) is 0.124. The number of furan rings is 1. The van der Waals surface area contributed by atoms with E-state index < -0.39 is 0 Å². The van der Waals surface area contributed by atoms with Crippen LogP contribution in [0.15, 0.2) is 259 Å². The molecule has 1 nitrogen and oxygen atoms in total. The first-order valence-corrected chi connectivity index (χ1v) is 26.3. The third-order valence-corrected chi connectivity index (χ3v) is 17.0. The van der Waals surface area contributed by atoms with E-state index in [0.29, 0.717) is 0 Å². The molecule has 2 heterocycles.